The van der Waals surface area contributed by atoms with Crippen LogP contribution < -0.4 is 47.4 Å². The number of benzene rings is 2. The minimum absolute atomic E-state index is 0.0430. The largest absolute Gasteiger partial charge is 0.444 e. The summed E-state index contributed by atoms with van der Waals surface area (Å²) in [6.07, 6.45) is 3.70. The van der Waals surface area contributed by atoms with Crippen molar-refractivity contribution in [2.75, 3.05) is 54.0 Å². The van der Waals surface area contributed by atoms with Crippen LogP contribution in [0.2, 0.25) is 0 Å². The van der Waals surface area contributed by atoms with Crippen LogP contribution in [0.15, 0.2) is 122 Å². The first-order valence-corrected chi connectivity index (χ1v) is 34.5. The fourth-order valence-electron chi connectivity index (χ4n) is 13.5. The zero-order valence-electron chi connectivity index (χ0n) is 58.8. The number of ether oxygens (including phenoxy) is 2. The van der Waals surface area contributed by atoms with Crippen LogP contribution in [-0.4, -0.2) is 127 Å². The second kappa shape index (κ2) is 31.1. The van der Waals surface area contributed by atoms with Crippen LogP contribution in [0, 0.1) is 0 Å². The minimum Gasteiger partial charge on any atom is -0.444 e. The summed E-state index contributed by atoms with van der Waals surface area (Å²) in [5.41, 5.74) is 14.2. The van der Waals surface area contributed by atoms with Gasteiger partial charge in [-0.25, -0.2) is 9.59 Å². The van der Waals surface area contributed by atoms with Gasteiger partial charge in [0.15, 0.2) is 0 Å². The Morgan fingerprint density at radius 2 is 0.857 bits per heavy atom. The summed E-state index contributed by atoms with van der Waals surface area (Å²) >= 11 is 0. The summed E-state index contributed by atoms with van der Waals surface area (Å²) in [7, 11) is 0. The third-order valence-corrected chi connectivity index (χ3v) is 18.0. The third-order valence-electron chi connectivity index (χ3n) is 18.0. The van der Waals surface area contributed by atoms with E-state index in [1.54, 1.807) is 96.2 Å². The Labute approximate surface area is 600 Å². The van der Waals surface area contributed by atoms with E-state index in [9.17, 15) is 58.7 Å². The first kappa shape index (κ1) is 75.7. The SMILES string of the molecule is CC(C)(C)OC(=O)N[C@@H]1CCCN(c2c(C(F)(F)F)cnc3c2C(N)=CC3)C1.CC(C)(C)OC(=O)N[C@@H]1CCCN(c2c(C(F)(F)F)cnc3c2C(NC(=O)c2cnn(Cc4ccccc4)c2)=CC3)C1.N[C@@H]1CCCN(c2c(C(F)(F)F)cnc3c2C(NC(=O)c2cnn(Cc4ccccc4)c2)=CC3)C1. The molecule has 22 nitrogen and oxygen atoms in total. The molecule has 3 aliphatic heterocycles. The van der Waals surface area contributed by atoms with Gasteiger partial charge in [0.2, 0.25) is 0 Å². The summed E-state index contributed by atoms with van der Waals surface area (Å²) < 4.78 is 140. The van der Waals surface area contributed by atoms with E-state index in [-0.39, 0.29) is 65.5 Å². The third kappa shape index (κ3) is 18.9. The number of carbonyl (C=O) groups excluding carboxylic acids is 4. The maximum Gasteiger partial charge on any atom is 0.419 e. The molecule has 558 valence electrons. The Morgan fingerprint density at radius 3 is 1.24 bits per heavy atom. The van der Waals surface area contributed by atoms with Crippen molar-refractivity contribution < 1.29 is 68.2 Å². The van der Waals surface area contributed by atoms with Crippen LogP contribution in [0.5, 0.6) is 0 Å². The Morgan fingerprint density at radius 1 is 0.495 bits per heavy atom. The maximum atomic E-state index is 14.3. The lowest BCUT2D eigenvalue weighted by atomic mass is 10.00. The van der Waals surface area contributed by atoms with E-state index >= 15 is 0 Å². The van der Waals surface area contributed by atoms with Gasteiger partial charge >= 0.3 is 30.7 Å². The van der Waals surface area contributed by atoms with Crippen molar-refractivity contribution in [2.24, 2.45) is 11.5 Å². The molecule has 3 aliphatic carbocycles. The van der Waals surface area contributed by atoms with Crippen LogP contribution in [-0.2, 0) is 60.4 Å². The van der Waals surface area contributed by atoms with E-state index in [1.165, 1.54) is 12.4 Å². The number of fused-ring (bicyclic) bond motifs is 3. The van der Waals surface area contributed by atoms with Gasteiger partial charge in [0, 0.05) is 141 Å². The summed E-state index contributed by atoms with van der Waals surface area (Å²) in [4.78, 5) is 67.8. The van der Waals surface area contributed by atoms with Gasteiger partial charge in [-0.1, -0.05) is 78.9 Å². The molecule has 7 aromatic rings. The Balaban J connectivity index is 0.000000161. The molecule has 13 rings (SSSR count). The van der Waals surface area contributed by atoms with Crippen LogP contribution in [0.1, 0.15) is 162 Å². The number of alkyl halides is 9. The molecule has 8 N–H and O–H groups in total. The highest BCUT2D eigenvalue weighted by molar-refractivity contribution is 6.02. The summed E-state index contributed by atoms with van der Waals surface area (Å²) in [5.74, 6) is -0.929. The zero-order chi connectivity index (χ0) is 75.3. The second-order valence-corrected chi connectivity index (χ2v) is 28.5. The number of anilines is 3. The maximum absolute atomic E-state index is 14.3. The normalized spacial score (nSPS) is 18.0. The predicted molar refractivity (Wildman–Crippen MR) is 376 cm³/mol. The molecule has 0 bridgehead atoms. The van der Waals surface area contributed by atoms with Gasteiger partial charge in [-0.05, 0) is 91.2 Å². The van der Waals surface area contributed by atoms with E-state index in [4.69, 9.17) is 20.9 Å². The average molecular weight is 1460 g/mol. The molecule has 6 aliphatic rings. The average Bonchev–Trinajstić information content (AvgIpc) is 1.69. The number of nitrogens with zero attached hydrogens (tertiary/aromatic N) is 10. The van der Waals surface area contributed by atoms with Gasteiger partial charge in [-0.3, -0.25) is 33.9 Å². The number of piperidine rings is 3. The molecule has 3 fully saturated rings. The lowest BCUT2D eigenvalue weighted by Crippen LogP contribution is -2.49. The van der Waals surface area contributed by atoms with Crippen molar-refractivity contribution in [3.05, 3.63) is 195 Å². The van der Waals surface area contributed by atoms with Crippen molar-refractivity contribution in [2.45, 2.75) is 160 Å². The van der Waals surface area contributed by atoms with Gasteiger partial charge in [0.1, 0.15) is 11.2 Å². The zero-order valence-corrected chi connectivity index (χ0v) is 58.8. The molecule has 5 aromatic heterocycles. The van der Waals surface area contributed by atoms with Crippen LogP contribution in [0.3, 0.4) is 0 Å². The number of aromatic nitrogens is 7. The Kier molecular flexibility index (Phi) is 22.4. The minimum atomic E-state index is -4.68. The van der Waals surface area contributed by atoms with E-state index in [2.05, 4.69) is 46.4 Å². The monoisotopic (exact) mass is 1460 g/mol. The number of hydrogen-bond acceptors (Lipinski definition) is 16. The Bertz CT molecular complexity index is 4430. The molecule has 105 heavy (non-hydrogen) atoms. The van der Waals surface area contributed by atoms with Gasteiger partial charge in [-0.2, -0.15) is 49.7 Å². The molecular formula is C74H83F9N16O6. The van der Waals surface area contributed by atoms with Crippen molar-refractivity contribution in [1.82, 2.24) is 55.8 Å². The number of nitrogens with two attached hydrogens (primary N) is 2. The van der Waals surface area contributed by atoms with Gasteiger partial charge < -0.3 is 56.9 Å². The molecule has 2 aromatic carbocycles. The van der Waals surface area contributed by atoms with Crippen molar-refractivity contribution >= 4 is 58.2 Å². The summed E-state index contributed by atoms with van der Waals surface area (Å²) in [6, 6.07) is 18.4. The number of amides is 4. The molecule has 0 unspecified atom stereocenters. The van der Waals surface area contributed by atoms with E-state index in [0.717, 1.165) is 36.1 Å². The standard InChI is InChI=1S/C30H33F3N6O3.C25H25F3N6O.C19H25F3N4O2/c1-29(2,3)42-28(41)36-21-10-7-13-38(18-21)26-22(30(31,32)33)15-34-23-11-12-24(25(23)26)37-27(40)20-14-35-39(17-20)16-19-8-5-4-6-9-19;26-25(27,28)19-12-30-20-8-9-21(22(20)23(19)33-10-4-7-18(29)15-33)32-24(35)17-11-31-34(14-17)13-16-5-2-1-3-6-16;1-18(2,3)28-17(27)25-11-5-4-8-26(10-11)16-12(19(20,21)22)9-24-14-7-6-13(23)15(14)16/h4-6,8-9,12,14-15,17,21H,7,10-11,13,16,18H2,1-3H3,(H,36,41)(H,37,40);1-3,5-6,9,11-12,14,18H,4,7-8,10,13,15,29H2,(H,32,35);6,9,11H,4-5,7-8,10,23H2,1-3H3,(H,25,27)/t21-;18-;11-/m111/s1. The first-order valence-electron chi connectivity index (χ1n) is 34.5. The van der Waals surface area contributed by atoms with E-state index in [1.807, 2.05) is 60.7 Å². The van der Waals surface area contributed by atoms with Crippen molar-refractivity contribution in [3.8, 4) is 0 Å². The topological polar surface area (TPSA) is 271 Å². The van der Waals surface area contributed by atoms with Crippen LogP contribution >= 0.6 is 0 Å². The van der Waals surface area contributed by atoms with Crippen molar-refractivity contribution in [1.29, 1.82) is 0 Å². The number of hydrogen-bond donors (Lipinski definition) is 6. The smallest absolute Gasteiger partial charge is 0.419 e. The molecule has 0 spiro atoms. The molecule has 31 heteroatoms. The van der Waals surface area contributed by atoms with Gasteiger partial charge in [-0.15, -0.1) is 0 Å². The quantitative estimate of drug-likeness (QED) is 0.0586. The van der Waals surface area contributed by atoms with E-state index in [0.29, 0.717) is 129 Å². The molecule has 0 saturated carbocycles. The number of carbonyl (C=O) groups is 4. The van der Waals surface area contributed by atoms with E-state index < -0.39 is 76.5 Å². The number of allylic oxidation sites excluding steroid dienone is 3. The highest BCUT2D eigenvalue weighted by Crippen LogP contribution is 2.47. The Hall–Kier alpha value is -10.5. The molecule has 4 amide bonds. The second-order valence-electron chi connectivity index (χ2n) is 28.5. The number of nitrogens with one attached hydrogen (secondary N) is 4. The molecule has 0 radical (unpaired) electrons. The highest BCUT2D eigenvalue weighted by atomic mass is 19.4. The summed E-state index contributed by atoms with van der Waals surface area (Å²) in [5, 5.41) is 19.7. The molecular weight excluding hydrogens is 1380 g/mol. The van der Waals surface area contributed by atoms with Crippen LogP contribution in [0.25, 0.3) is 17.1 Å². The number of pyridine rings is 3. The first-order chi connectivity index (χ1) is 49.6. The fourth-order valence-corrected chi connectivity index (χ4v) is 13.5. The highest BCUT2D eigenvalue weighted by Gasteiger charge is 2.44. The number of halogens is 9. The van der Waals surface area contributed by atoms with Crippen LogP contribution in [0.4, 0.5) is 66.2 Å². The predicted octanol–water partition coefficient (Wildman–Crippen LogP) is 12.2. The lowest BCUT2D eigenvalue weighted by Gasteiger charge is -2.37. The fraction of sp³-hybridized carbons (Fsp3) is 0.419. The molecule has 3 saturated heterocycles. The molecule has 8 heterocycles. The molecule has 3 atom stereocenters. The van der Waals surface area contributed by atoms with Gasteiger partial charge in [0.05, 0.1) is 87.4 Å². The summed E-state index contributed by atoms with van der Waals surface area (Å²) in [6.45, 7) is 13.4. The number of alkyl carbamates (subject to hydrolysis) is 2. The lowest BCUT2D eigenvalue weighted by molar-refractivity contribution is -0.138. The van der Waals surface area contributed by atoms with Crippen molar-refractivity contribution in [3.63, 3.8) is 0 Å². The van der Waals surface area contributed by atoms with Gasteiger partial charge in [0.25, 0.3) is 11.8 Å². The number of rotatable bonds is 13.